The summed E-state index contributed by atoms with van der Waals surface area (Å²) >= 11 is 0. The van der Waals surface area contributed by atoms with Gasteiger partial charge in [0.15, 0.2) is 0 Å². The lowest BCUT2D eigenvalue weighted by molar-refractivity contribution is 1.51. The van der Waals surface area contributed by atoms with Crippen LogP contribution in [-0.4, -0.2) is 0 Å². The highest BCUT2D eigenvalue weighted by Gasteiger charge is 2.34. The van der Waals surface area contributed by atoms with Gasteiger partial charge in [-0.1, -0.05) is 243 Å². The summed E-state index contributed by atoms with van der Waals surface area (Å²) in [6.07, 6.45) is 0. The van der Waals surface area contributed by atoms with Gasteiger partial charge in [-0.3, -0.25) is 0 Å². The average molecular weight is 713 g/mol. The predicted molar refractivity (Wildman–Crippen MR) is 239 cm³/mol. The van der Waals surface area contributed by atoms with Crippen LogP contribution < -0.4 is 0 Å². The van der Waals surface area contributed by atoms with Gasteiger partial charge in [-0.15, -0.1) is 0 Å². The van der Waals surface area contributed by atoms with Crippen molar-refractivity contribution in [3.05, 3.63) is 287 Å². The fourth-order valence-electron chi connectivity index (χ4n) is 8.15. The molecule has 0 N–H and O–H groups in total. The minimum absolute atomic E-state index is 1.15. The Morgan fingerprint density at radius 2 is 0.196 bits per heavy atom. The summed E-state index contributed by atoms with van der Waals surface area (Å²) in [5, 5.41) is 0. The molecule has 0 heteroatoms. The maximum absolute atomic E-state index is 2.28. The lowest BCUT2D eigenvalue weighted by Crippen LogP contribution is -2.10. The van der Waals surface area contributed by atoms with Gasteiger partial charge in [0.2, 0.25) is 0 Å². The van der Waals surface area contributed by atoms with E-state index in [9.17, 15) is 0 Å². The molecule has 0 heterocycles. The lowest BCUT2D eigenvalue weighted by Gasteiger charge is -2.33. The number of benzene rings is 8. The summed E-state index contributed by atoms with van der Waals surface area (Å²) in [5.74, 6) is 0. The van der Waals surface area contributed by atoms with E-state index in [1.807, 2.05) is 0 Å². The third kappa shape index (κ3) is 6.70. The van der Waals surface area contributed by atoms with Gasteiger partial charge < -0.3 is 0 Å². The molecule has 56 heavy (non-hydrogen) atoms. The van der Waals surface area contributed by atoms with Crippen molar-refractivity contribution in [2.24, 2.45) is 0 Å². The Morgan fingerprint density at radius 1 is 0.107 bits per heavy atom. The molecule has 0 aliphatic heterocycles. The Kier molecular flexibility index (Phi) is 9.84. The molecule has 0 saturated heterocycles. The van der Waals surface area contributed by atoms with Crippen molar-refractivity contribution >= 4 is 44.6 Å². The second-order valence-corrected chi connectivity index (χ2v) is 13.9. The standard InChI is InChI=1S/C56H40/c1-9-25-41(26-10-1)49-50(42-27-11-2-12-28-42)52(44-31-15-4-16-32-44)54(46-35-19-6-20-36-46)56(48-39-23-8-24-40-48)55(47-37-21-7-22-38-47)53(45-33-17-5-18-34-45)51(49)43-29-13-3-14-30-43/h1-40H/b50-49-,51-49?,52-50?,53-51-,54-52-,55-53?,56-54?,56-55-. The van der Waals surface area contributed by atoms with Crippen LogP contribution in [0.2, 0.25) is 0 Å². The van der Waals surface area contributed by atoms with Gasteiger partial charge >= 0.3 is 0 Å². The van der Waals surface area contributed by atoms with Gasteiger partial charge in [0.1, 0.15) is 0 Å². The highest BCUT2D eigenvalue weighted by Crippen LogP contribution is 2.57. The van der Waals surface area contributed by atoms with Gasteiger partial charge in [0.05, 0.1) is 0 Å². The SMILES string of the molecule is c1ccc(C2=C(c3ccccc3)/C(c3ccccc3)=C(c3ccccc3)\C(c3ccccc3)=C(c3ccccc3)/C(c3ccccc3)=C\2c2ccccc2)cc1. The van der Waals surface area contributed by atoms with Crippen LogP contribution in [0, 0.1) is 0 Å². The monoisotopic (exact) mass is 712 g/mol. The molecule has 0 radical (unpaired) electrons. The molecule has 0 atom stereocenters. The summed E-state index contributed by atoms with van der Waals surface area (Å²) in [6.45, 7) is 0. The molecule has 0 fully saturated rings. The molecule has 0 amide bonds. The van der Waals surface area contributed by atoms with Crippen LogP contribution in [0.4, 0.5) is 0 Å². The molecule has 8 aromatic carbocycles. The van der Waals surface area contributed by atoms with E-state index >= 15 is 0 Å². The molecular formula is C56H40. The molecule has 0 nitrogen and oxygen atoms in total. The quantitative estimate of drug-likeness (QED) is 0.147. The topological polar surface area (TPSA) is 0 Å². The predicted octanol–water partition coefficient (Wildman–Crippen LogP) is 14.4. The van der Waals surface area contributed by atoms with E-state index in [1.165, 1.54) is 44.6 Å². The van der Waals surface area contributed by atoms with Crippen molar-refractivity contribution in [3.63, 3.8) is 0 Å². The van der Waals surface area contributed by atoms with E-state index < -0.39 is 0 Å². The number of rotatable bonds is 8. The molecule has 9 rings (SSSR count). The Labute approximate surface area is 330 Å². The summed E-state index contributed by atoms with van der Waals surface area (Å²) < 4.78 is 0. The van der Waals surface area contributed by atoms with Crippen molar-refractivity contribution in [1.82, 2.24) is 0 Å². The van der Waals surface area contributed by atoms with E-state index in [0.717, 1.165) is 44.5 Å². The highest BCUT2D eigenvalue weighted by atomic mass is 14.4. The molecule has 0 saturated carbocycles. The van der Waals surface area contributed by atoms with Crippen LogP contribution in [0.15, 0.2) is 243 Å². The fraction of sp³-hybridized carbons (Fsp3) is 0. The van der Waals surface area contributed by atoms with E-state index in [1.54, 1.807) is 0 Å². The fourth-order valence-corrected chi connectivity index (χ4v) is 8.15. The minimum Gasteiger partial charge on any atom is -0.0622 e. The molecule has 264 valence electrons. The minimum atomic E-state index is 1.15. The first-order valence-corrected chi connectivity index (χ1v) is 19.3. The Morgan fingerprint density at radius 3 is 0.286 bits per heavy atom. The molecule has 0 aromatic heterocycles. The summed E-state index contributed by atoms with van der Waals surface area (Å²) in [5.41, 5.74) is 18.6. The van der Waals surface area contributed by atoms with Crippen molar-refractivity contribution in [3.8, 4) is 0 Å². The van der Waals surface area contributed by atoms with Crippen LogP contribution >= 0.6 is 0 Å². The van der Waals surface area contributed by atoms with E-state index in [2.05, 4.69) is 243 Å². The van der Waals surface area contributed by atoms with Crippen molar-refractivity contribution in [2.45, 2.75) is 0 Å². The van der Waals surface area contributed by atoms with Gasteiger partial charge in [0, 0.05) is 0 Å². The molecule has 1 aliphatic carbocycles. The first kappa shape index (κ1) is 34.5. The molecule has 8 aromatic rings. The Balaban J connectivity index is 1.67. The average Bonchev–Trinajstić information content (AvgIpc) is 3.29. The van der Waals surface area contributed by atoms with Crippen molar-refractivity contribution in [2.75, 3.05) is 0 Å². The number of hydrogen-bond acceptors (Lipinski definition) is 0. The largest absolute Gasteiger partial charge is 0.0622 e. The molecule has 0 unspecified atom stereocenters. The van der Waals surface area contributed by atoms with E-state index in [4.69, 9.17) is 0 Å². The Hall–Kier alpha value is -7.28. The second-order valence-electron chi connectivity index (χ2n) is 13.9. The van der Waals surface area contributed by atoms with Crippen LogP contribution in [-0.2, 0) is 0 Å². The summed E-state index contributed by atoms with van der Waals surface area (Å²) in [4.78, 5) is 0. The summed E-state index contributed by atoms with van der Waals surface area (Å²) in [7, 11) is 0. The lowest BCUT2D eigenvalue weighted by atomic mass is 9.69. The maximum atomic E-state index is 2.28. The molecule has 1 aliphatic rings. The zero-order chi connectivity index (χ0) is 37.5. The van der Waals surface area contributed by atoms with Crippen LogP contribution in [0.25, 0.3) is 44.6 Å². The first-order valence-electron chi connectivity index (χ1n) is 19.3. The third-order valence-corrected chi connectivity index (χ3v) is 10.5. The zero-order valence-corrected chi connectivity index (χ0v) is 31.1. The van der Waals surface area contributed by atoms with Gasteiger partial charge in [-0.25, -0.2) is 0 Å². The van der Waals surface area contributed by atoms with Crippen LogP contribution in [0.3, 0.4) is 0 Å². The van der Waals surface area contributed by atoms with Gasteiger partial charge in [-0.05, 0) is 89.1 Å². The maximum Gasteiger partial charge on any atom is -0.00139 e. The molecular weight excluding hydrogens is 673 g/mol. The molecule has 0 spiro atoms. The number of hydrogen-bond donors (Lipinski definition) is 0. The smallest absolute Gasteiger partial charge is 0.00139 e. The normalized spacial score (nSPS) is 18.6. The highest BCUT2D eigenvalue weighted by molar-refractivity contribution is 6.44. The third-order valence-electron chi connectivity index (χ3n) is 10.5. The summed E-state index contributed by atoms with van der Waals surface area (Å²) in [6, 6.07) is 88.1. The number of allylic oxidation sites excluding steroid dienone is 8. The first-order chi connectivity index (χ1) is 27.9. The van der Waals surface area contributed by atoms with Gasteiger partial charge in [0.25, 0.3) is 0 Å². The van der Waals surface area contributed by atoms with Crippen molar-refractivity contribution in [1.29, 1.82) is 0 Å². The van der Waals surface area contributed by atoms with Crippen molar-refractivity contribution < 1.29 is 0 Å². The zero-order valence-electron chi connectivity index (χ0n) is 31.1. The van der Waals surface area contributed by atoms with Crippen LogP contribution in [0.5, 0.6) is 0 Å². The van der Waals surface area contributed by atoms with Crippen LogP contribution in [0.1, 0.15) is 44.5 Å². The van der Waals surface area contributed by atoms with E-state index in [-0.39, 0.29) is 0 Å². The molecule has 0 bridgehead atoms. The Bertz CT molecular complexity index is 2090. The van der Waals surface area contributed by atoms with E-state index in [0.29, 0.717) is 0 Å². The van der Waals surface area contributed by atoms with Gasteiger partial charge in [-0.2, -0.15) is 0 Å². The second kappa shape index (κ2) is 16.0.